The first-order valence-electron chi connectivity index (χ1n) is 5.31. The van der Waals surface area contributed by atoms with Crippen LogP contribution in [0.3, 0.4) is 0 Å². The zero-order chi connectivity index (χ0) is 12.4. The maximum absolute atomic E-state index is 10.5. The Balaban J connectivity index is 2.17. The van der Waals surface area contributed by atoms with Gasteiger partial charge in [0, 0.05) is 5.25 Å². The summed E-state index contributed by atoms with van der Waals surface area (Å²) in [4.78, 5) is 10.5. The third-order valence-electron chi connectivity index (χ3n) is 2.66. The highest BCUT2D eigenvalue weighted by atomic mass is 32.2. The fourth-order valence-corrected chi connectivity index (χ4v) is 2.61. The quantitative estimate of drug-likeness (QED) is 0.895. The molecule has 1 atom stereocenters. The predicted molar refractivity (Wildman–Crippen MR) is 65.8 cm³/mol. The number of thioether (sulfide) groups is 1. The van der Waals surface area contributed by atoms with E-state index >= 15 is 0 Å². The van der Waals surface area contributed by atoms with Crippen molar-refractivity contribution in [2.24, 2.45) is 0 Å². The number of rotatable bonds is 4. The Labute approximate surface area is 104 Å². The van der Waals surface area contributed by atoms with Crippen molar-refractivity contribution in [1.82, 2.24) is 0 Å². The Morgan fingerprint density at radius 3 is 2.76 bits per heavy atom. The van der Waals surface area contributed by atoms with Crippen molar-refractivity contribution in [1.29, 1.82) is 0 Å². The van der Waals surface area contributed by atoms with Crippen LogP contribution in [0.2, 0.25) is 0 Å². The van der Waals surface area contributed by atoms with E-state index in [1.54, 1.807) is 0 Å². The molecule has 2 rings (SSSR count). The van der Waals surface area contributed by atoms with Gasteiger partial charge in [-0.1, -0.05) is 0 Å². The SMILES string of the molecule is Cc1cc2c(cc1C(C)SCC(=O)O)OCO2. The second-order valence-corrected chi connectivity index (χ2v) is 5.24. The summed E-state index contributed by atoms with van der Waals surface area (Å²) in [5.74, 6) is 0.824. The summed E-state index contributed by atoms with van der Waals surface area (Å²) >= 11 is 1.40. The van der Waals surface area contributed by atoms with Gasteiger partial charge in [0.2, 0.25) is 6.79 Å². The number of carboxylic acids is 1. The first-order chi connectivity index (χ1) is 8.08. The second-order valence-electron chi connectivity index (χ2n) is 3.91. The number of carboxylic acid groups (broad SMARTS) is 1. The topological polar surface area (TPSA) is 55.8 Å². The third-order valence-corrected chi connectivity index (χ3v) is 3.82. The highest BCUT2D eigenvalue weighted by Gasteiger charge is 2.19. The lowest BCUT2D eigenvalue weighted by Crippen LogP contribution is -2.01. The van der Waals surface area contributed by atoms with E-state index < -0.39 is 5.97 Å². The molecule has 1 aromatic carbocycles. The van der Waals surface area contributed by atoms with Crippen molar-refractivity contribution in [2.75, 3.05) is 12.5 Å². The molecule has 0 saturated heterocycles. The van der Waals surface area contributed by atoms with E-state index in [0.29, 0.717) is 0 Å². The molecule has 4 nitrogen and oxygen atoms in total. The molecule has 0 fully saturated rings. The van der Waals surface area contributed by atoms with Gasteiger partial charge in [0.25, 0.3) is 0 Å². The maximum atomic E-state index is 10.5. The smallest absolute Gasteiger partial charge is 0.313 e. The normalized spacial score (nSPS) is 14.7. The molecule has 1 aliphatic heterocycles. The van der Waals surface area contributed by atoms with Crippen LogP contribution in [0.5, 0.6) is 11.5 Å². The number of fused-ring (bicyclic) bond motifs is 1. The minimum atomic E-state index is -0.791. The minimum absolute atomic E-state index is 0.106. The second kappa shape index (κ2) is 4.87. The monoisotopic (exact) mass is 254 g/mol. The van der Waals surface area contributed by atoms with E-state index in [2.05, 4.69) is 0 Å². The van der Waals surface area contributed by atoms with Crippen LogP contribution in [-0.4, -0.2) is 23.6 Å². The molecule has 1 unspecified atom stereocenters. The molecule has 0 aromatic heterocycles. The van der Waals surface area contributed by atoms with Crippen LogP contribution in [0.25, 0.3) is 0 Å². The molecule has 0 aliphatic carbocycles. The number of aliphatic carboxylic acids is 1. The van der Waals surface area contributed by atoms with Gasteiger partial charge in [-0.05, 0) is 37.1 Å². The van der Waals surface area contributed by atoms with E-state index in [9.17, 15) is 4.79 Å². The summed E-state index contributed by atoms with van der Waals surface area (Å²) in [6.45, 7) is 4.25. The van der Waals surface area contributed by atoms with Crippen LogP contribution < -0.4 is 9.47 Å². The van der Waals surface area contributed by atoms with Gasteiger partial charge in [-0.25, -0.2) is 0 Å². The fourth-order valence-electron chi connectivity index (χ4n) is 1.78. The van der Waals surface area contributed by atoms with Crippen molar-refractivity contribution < 1.29 is 19.4 Å². The Morgan fingerprint density at radius 2 is 2.12 bits per heavy atom. The van der Waals surface area contributed by atoms with Gasteiger partial charge in [0.15, 0.2) is 11.5 Å². The lowest BCUT2D eigenvalue weighted by molar-refractivity contribution is -0.133. The molecule has 1 heterocycles. The lowest BCUT2D eigenvalue weighted by atomic mass is 10.1. The molecule has 1 N–H and O–H groups in total. The first-order valence-corrected chi connectivity index (χ1v) is 6.36. The first kappa shape index (κ1) is 12.1. The number of ether oxygens (including phenoxy) is 2. The van der Waals surface area contributed by atoms with Gasteiger partial charge in [-0.3, -0.25) is 4.79 Å². The Kier molecular flexibility index (Phi) is 3.47. The summed E-state index contributed by atoms with van der Waals surface area (Å²) in [7, 11) is 0. The van der Waals surface area contributed by atoms with E-state index in [1.165, 1.54) is 11.8 Å². The number of benzene rings is 1. The van der Waals surface area contributed by atoms with Crippen LogP contribution in [0, 0.1) is 6.92 Å². The summed E-state index contributed by atoms with van der Waals surface area (Å²) < 4.78 is 10.6. The summed E-state index contributed by atoms with van der Waals surface area (Å²) in [6, 6.07) is 3.88. The largest absolute Gasteiger partial charge is 0.481 e. The van der Waals surface area contributed by atoms with Crippen LogP contribution in [-0.2, 0) is 4.79 Å². The molecular formula is C12H14O4S. The van der Waals surface area contributed by atoms with E-state index in [4.69, 9.17) is 14.6 Å². The highest BCUT2D eigenvalue weighted by molar-refractivity contribution is 8.00. The average Bonchev–Trinajstić information content (AvgIpc) is 2.71. The fraction of sp³-hybridized carbons (Fsp3) is 0.417. The summed E-state index contributed by atoms with van der Waals surface area (Å²) in [5.41, 5.74) is 2.19. The Bertz CT molecular complexity index is 444. The molecule has 17 heavy (non-hydrogen) atoms. The molecule has 0 amide bonds. The Morgan fingerprint density at radius 1 is 1.47 bits per heavy atom. The van der Waals surface area contributed by atoms with Crippen molar-refractivity contribution in [3.8, 4) is 11.5 Å². The molecule has 1 aromatic rings. The number of hydrogen-bond acceptors (Lipinski definition) is 4. The van der Waals surface area contributed by atoms with Gasteiger partial charge in [0.05, 0.1) is 5.75 Å². The van der Waals surface area contributed by atoms with Crippen LogP contribution >= 0.6 is 11.8 Å². The van der Waals surface area contributed by atoms with Gasteiger partial charge in [-0.15, -0.1) is 11.8 Å². The van der Waals surface area contributed by atoms with E-state index in [-0.39, 0.29) is 17.8 Å². The van der Waals surface area contributed by atoms with Crippen molar-refractivity contribution >= 4 is 17.7 Å². The van der Waals surface area contributed by atoms with E-state index in [1.807, 2.05) is 26.0 Å². The van der Waals surface area contributed by atoms with Crippen LogP contribution in [0.4, 0.5) is 0 Å². The standard InChI is InChI=1S/C12H14O4S/c1-7-3-10-11(16-6-15-10)4-9(7)8(2)17-5-12(13)14/h3-4,8H,5-6H2,1-2H3,(H,13,14). The van der Waals surface area contributed by atoms with Gasteiger partial charge in [-0.2, -0.15) is 0 Å². The molecule has 0 bridgehead atoms. The Hall–Kier alpha value is -1.36. The van der Waals surface area contributed by atoms with Crippen molar-refractivity contribution in [3.05, 3.63) is 23.3 Å². The maximum Gasteiger partial charge on any atom is 0.313 e. The number of carbonyl (C=O) groups is 1. The van der Waals surface area contributed by atoms with Gasteiger partial charge < -0.3 is 14.6 Å². The predicted octanol–water partition coefficient (Wildman–Crippen LogP) is 2.60. The number of aryl methyl sites for hydroxylation is 1. The highest BCUT2D eigenvalue weighted by Crippen LogP contribution is 2.39. The zero-order valence-electron chi connectivity index (χ0n) is 9.73. The molecule has 0 radical (unpaired) electrons. The lowest BCUT2D eigenvalue weighted by Gasteiger charge is -2.14. The van der Waals surface area contributed by atoms with Crippen molar-refractivity contribution in [2.45, 2.75) is 19.1 Å². The summed E-state index contributed by atoms with van der Waals surface area (Å²) in [6.07, 6.45) is 0. The number of hydrogen-bond donors (Lipinski definition) is 1. The van der Waals surface area contributed by atoms with Gasteiger partial charge >= 0.3 is 5.97 Å². The van der Waals surface area contributed by atoms with Gasteiger partial charge in [0.1, 0.15) is 0 Å². The third kappa shape index (κ3) is 2.66. The molecule has 5 heteroatoms. The zero-order valence-corrected chi connectivity index (χ0v) is 10.5. The molecule has 92 valence electrons. The average molecular weight is 254 g/mol. The molecule has 0 spiro atoms. The summed E-state index contributed by atoms with van der Waals surface area (Å²) in [5, 5.41) is 8.79. The molecule has 1 aliphatic rings. The van der Waals surface area contributed by atoms with Crippen LogP contribution in [0.1, 0.15) is 23.3 Å². The molecule has 0 saturated carbocycles. The van der Waals surface area contributed by atoms with E-state index in [0.717, 1.165) is 22.6 Å². The van der Waals surface area contributed by atoms with Crippen LogP contribution in [0.15, 0.2) is 12.1 Å². The van der Waals surface area contributed by atoms with Crippen molar-refractivity contribution in [3.63, 3.8) is 0 Å². The molecular weight excluding hydrogens is 240 g/mol. The minimum Gasteiger partial charge on any atom is -0.481 e.